The van der Waals surface area contributed by atoms with Crippen LogP contribution in [0.2, 0.25) is 0 Å². The van der Waals surface area contributed by atoms with Gasteiger partial charge in [0.2, 0.25) is 0 Å². The SMILES string of the molecule is CC1=CC2(Oc3ccc4ccccc4c31)C1CCCC2CCC1. The fourth-order valence-electron chi connectivity index (χ4n) is 5.52. The first-order chi connectivity index (χ1) is 11.3. The van der Waals surface area contributed by atoms with E-state index in [1.165, 1.54) is 60.4 Å². The summed E-state index contributed by atoms with van der Waals surface area (Å²) in [5.74, 6) is 2.54. The van der Waals surface area contributed by atoms with Crippen LogP contribution in [-0.4, -0.2) is 5.60 Å². The van der Waals surface area contributed by atoms with Gasteiger partial charge in [-0.2, -0.15) is 0 Å². The van der Waals surface area contributed by atoms with E-state index in [-0.39, 0.29) is 5.60 Å². The van der Waals surface area contributed by atoms with Crippen molar-refractivity contribution in [1.29, 1.82) is 0 Å². The summed E-state index contributed by atoms with van der Waals surface area (Å²) in [5.41, 5.74) is 2.72. The molecule has 23 heavy (non-hydrogen) atoms. The quantitative estimate of drug-likeness (QED) is 0.582. The monoisotopic (exact) mass is 304 g/mol. The summed E-state index contributed by atoms with van der Waals surface area (Å²) in [5, 5.41) is 2.64. The molecule has 1 heteroatoms. The second kappa shape index (κ2) is 4.87. The predicted molar refractivity (Wildman–Crippen MR) is 95.6 cm³/mol. The summed E-state index contributed by atoms with van der Waals surface area (Å²) in [6.45, 7) is 2.29. The van der Waals surface area contributed by atoms with E-state index >= 15 is 0 Å². The average Bonchev–Trinajstić information content (AvgIpc) is 2.54. The standard InChI is InChI=1S/C22H24O/c1-15-14-22(17-7-4-8-18(22)10-5-9-17)23-20-13-12-16-6-2-3-11-19(16)21(15)20/h2-3,6,11-14,17-18H,4-5,7-10H2,1H3. The molecule has 0 N–H and O–H groups in total. The van der Waals surface area contributed by atoms with E-state index in [0.29, 0.717) is 11.8 Å². The van der Waals surface area contributed by atoms with Crippen LogP contribution in [0.3, 0.4) is 0 Å². The van der Waals surface area contributed by atoms with Crippen molar-refractivity contribution in [3.8, 4) is 5.75 Å². The lowest BCUT2D eigenvalue weighted by atomic mass is 9.60. The molecule has 2 fully saturated rings. The van der Waals surface area contributed by atoms with Crippen LogP contribution in [0.4, 0.5) is 0 Å². The van der Waals surface area contributed by atoms with Gasteiger partial charge in [0.15, 0.2) is 0 Å². The van der Waals surface area contributed by atoms with Crippen LogP contribution >= 0.6 is 0 Å². The molecule has 1 aliphatic heterocycles. The van der Waals surface area contributed by atoms with Gasteiger partial charge in [-0.3, -0.25) is 0 Å². The first-order valence-corrected chi connectivity index (χ1v) is 9.18. The first-order valence-electron chi connectivity index (χ1n) is 9.18. The van der Waals surface area contributed by atoms with Gasteiger partial charge in [0.1, 0.15) is 11.4 Å². The lowest BCUT2D eigenvalue weighted by Gasteiger charge is -2.53. The lowest BCUT2D eigenvalue weighted by molar-refractivity contribution is -0.0617. The van der Waals surface area contributed by atoms with Crippen LogP contribution in [0.25, 0.3) is 16.3 Å². The van der Waals surface area contributed by atoms with Crippen LogP contribution in [0.5, 0.6) is 5.75 Å². The Balaban J connectivity index is 1.70. The van der Waals surface area contributed by atoms with Crippen molar-refractivity contribution in [2.24, 2.45) is 11.8 Å². The topological polar surface area (TPSA) is 9.23 Å². The van der Waals surface area contributed by atoms with E-state index in [9.17, 15) is 0 Å². The summed E-state index contributed by atoms with van der Waals surface area (Å²) in [7, 11) is 0. The van der Waals surface area contributed by atoms with Crippen molar-refractivity contribution < 1.29 is 4.74 Å². The maximum atomic E-state index is 6.83. The maximum absolute atomic E-state index is 6.83. The van der Waals surface area contributed by atoms with Gasteiger partial charge in [-0.15, -0.1) is 0 Å². The molecule has 1 nitrogen and oxygen atoms in total. The highest BCUT2D eigenvalue weighted by Crippen LogP contribution is 2.54. The van der Waals surface area contributed by atoms with Crippen molar-refractivity contribution in [1.82, 2.24) is 0 Å². The number of fused-ring (bicyclic) bond motifs is 3. The number of hydrogen-bond acceptors (Lipinski definition) is 1. The highest BCUT2D eigenvalue weighted by Gasteiger charge is 2.51. The Morgan fingerprint density at radius 2 is 1.61 bits per heavy atom. The maximum Gasteiger partial charge on any atom is 0.133 e. The number of benzene rings is 2. The molecule has 0 radical (unpaired) electrons. The Kier molecular flexibility index (Phi) is 2.89. The predicted octanol–water partition coefficient (Wildman–Crippen LogP) is 5.97. The van der Waals surface area contributed by atoms with Crippen molar-refractivity contribution in [2.75, 3.05) is 0 Å². The molecule has 2 aliphatic carbocycles. The molecule has 0 amide bonds. The van der Waals surface area contributed by atoms with E-state index in [4.69, 9.17) is 4.74 Å². The summed E-state index contributed by atoms with van der Waals surface area (Å²) < 4.78 is 6.83. The minimum absolute atomic E-state index is 0.0178. The number of hydrogen-bond donors (Lipinski definition) is 0. The second-order valence-corrected chi connectivity index (χ2v) is 7.70. The number of allylic oxidation sites excluding steroid dienone is 1. The lowest BCUT2D eigenvalue weighted by Crippen LogP contribution is -2.54. The van der Waals surface area contributed by atoms with Gasteiger partial charge in [0, 0.05) is 17.4 Å². The van der Waals surface area contributed by atoms with Gasteiger partial charge in [-0.1, -0.05) is 43.2 Å². The molecule has 0 unspecified atom stereocenters. The zero-order valence-corrected chi connectivity index (χ0v) is 13.8. The Hall–Kier alpha value is -1.76. The fourth-order valence-corrected chi connectivity index (χ4v) is 5.52. The summed E-state index contributed by atoms with van der Waals surface area (Å²) in [4.78, 5) is 0. The molecule has 2 aromatic carbocycles. The first kappa shape index (κ1) is 13.7. The molecule has 0 saturated heterocycles. The number of ether oxygens (including phenoxy) is 1. The number of rotatable bonds is 0. The van der Waals surface area contributed by atoms with Crippen molar-refractivity contribution in [3.63, 3.8) is 0 Å². The molecule has 3 aliphatic rings. The zero-order chi connectivity index (χ0) is 15.4. The van der Waals surface area contributed by atoms with E-state index in [2.05, 4.69) is 49.4 Å². The smallest absolute Gasteiger partial charge is 0.133 e. The van der Waals surface area contributed by atoms with Crippen LogP contribution in [0, 0.1) is 11.8 Å². The Labute approximate surface area is 138 Å². The van der Waals surface area contributed by atoms with Crippen molar-refractivity contribution >= 4 is 16.3 Å². The molecule has 1 heterocycles. The Morgan fingerprint density at radius 3 is 2.35 bits per heavy atom. The van der Waals surface area contributed by atoms with Gasteiger partial charge in [-0.05, 0) is 61.1 Å². The third-order valence-corrected chi connectivity index (χ3v) is 6.50. The molecule has 5 rings (SSSR count). The van der Waals surface area contributed by atoms with E-state index in [1.54, 1.807) is 0 Å². The largest absolute Gasteiger partial charge is 0.482 e. The molecule has 118 valence electrons. The van der Waals surface area contributed by atoms with Crippen LogP contribution in [0.15, 0.2) is 42.5 Å². The highest BCUT2D eigenvalue weighted by atomic mass is 16.5. The van der Waals surface area contributed by atoms with Gasteiger partial charge < -0.3 is 4.74 Å². The van der Waals surface area contributed by atoms with Crippen LogP contribution in [0.1, 0.15) is 51.0 Å². The molecule has 2 saturated carbocycles. The summed E-state index contributed by atoms with van der Waals surface area (Å²) >= 11 is 0. The third kappa shape index (κ3) is 1.86. The van der Waals surface area contributed by atoms with Gasteiger partial charge in [0.25, 0.3) is 0 Å². The third-order valence-electron chi connectivity index (χ3n) is 6.50. The summed E-state index contributed by atoms with van der Waals surface area (Å²) in [6.07, 6.45) is 10.6. The highest BCUT2D eigenvalue weighted by molar-refractivity contribution is 5.97. The molecule has 2 aromatic rings. The van der Waals surface area contributed by atoms with Crippen LogP contribution < -0.4 is 4.74 Å². The van der Waals surface area contributed by atoms with Crippen molar-refractivity contribution in [3.05, 3.63) is 48.0 Å². The normalized spacial score (nSPS) is 32.3. The van der Waals surface area contributed by atoms with Crippen LogP contribution in [-0.2, 0) is 0 Å². The van der Waals surface area contributed by atoms with E-state index in [0.717, 1.165) is 5.75 Å². The minimum atomic E-state index is -0.0178. The van der Waals surface area contributed by atoms with E-state index in [1.807, 2.05) is 0 Å². The average molecular weight is 304 g/mol. The van der Waals surface area contributed by atoms with Crippen molar-refractivity contribution in [2.45, 2.75) is 51.0 Å². The molecule has 0 atom stereocenters. The second-order valence-electron chi connectivity index (χ2n) is 7.70. The zero-order valence-electron chi connectivity index (χ0n) is 13.8. The van der Waals surface area contributed by atoms with Gasteiger partial charge in [0.05, 0.1) is 0 Å². The molecule has 0 aromatic heterocycles. The van der Waals surface area contributed by atoms with E-state index < -0.39 is 0 Å². The Morgan fingerprint density at radius 1 is 0.913 bits per heavy atom. The fraction of sp³-hybridized carbons (Fsp3) is 0.455. The Bertz CT molecular complexity index is 779. The van der Waals surface area contributed by atoms with Gasteiger partial charge in [-0.25, -0.2) is 0 Å². The molecule has 1 spiro atoms. The molecular weight excluding hydrogens is 280 g/mol. The van der Waals surface area contributed by atoms with Gasteiger partial charge >= 0.3 is 0 Å². The summed E-state index contributed by atoms with van der Waals surface area (Å²) in [6, 6.07) is 13.1. The molecular formula is C22H24O. The minimum Gasteiger partial charge on any atom is -0.482 e. The molecule has 2 bridgehead atoms.